The fraction of sp³-hybridized carbons (Fsp3) is 0.867. The Balaban J connectivity index is 2.30. The van der Waals surface area contributed by atoms with Gasteiger partial charge in [-0.25, -0.2) is 0 Å². The third-order valence-corrected chi connectivity index (χ3v) is 4.21. The van der Waals surface area contributed by atoms with Crippen molar-refractivity contribution in [1.82, 2.24) is 9.80 Å². The van der Waals surface area contributed by atoms with Gasteiger partial charge in [-0.15, -0.1) is 0 Å². The molecule has 2 atom stereocenters. The van der Waals surface area contributed by atoms with Gasteiger partial charge in [0.05, 0.1) is 0 Å². The summed E-state index contributed by atoms with van der Waals surface area (Å²) in [6, 6.07) is 0. The van der Waals surface area contributed by atoms with Gasteiger partial charge in [0.1, 0.15) is 0 Å². The molecule has 1 saturated heterocycles. The van der Waals surface area contributed by atoms with Crippen LogP contribution in [0.2, 0.25) is 0 Å². The van der Waals surface area contributed by atoms with Gasteiger partial charge in [-0.2, -0.15) is 0 Å². The largest absolute Gasteiger partial charge is 0.481 e. The minimum atomic E-state index is -0.703. The van der Waals surface area contributed by atoms with Gasteiger partial charge in [0.15, 0.2) is 0 Å². The van der Waals surface area contributed by atoms with Gasteiger partial charge in [0, 0.05) is 33.5 Å². The van der Waals surface area contributed by atoms with Crippen LogP contribution in [-0.2, 0) is 9.59 Å². The molecule has 20 heavy (non-hydrogen) atoms. The summed E-state index contributed by atoms with van der Waals surface area (Å²) in [5.74, 6) is 0.187. The monoisotopic (exact) mass is 284 g/mol. The number of hydrogen-bond acceptors (Lipinski definition) is 3. The predicted octanol–water partition coefficient (Wildman–Crippen LogP) is 1.68. The Kier molecular flexibility index (Phi) is 6.99. The molecular formula is C15H28N2O3. The summed E-state index contributed by atoms with van der Waals surface area (Å²) in [4.78, 5) is 26.3. The van der Waals surface area contributed by atoms with E-state index >= 15 is 0 Å². The summed E-state index contributed by atoms with van der Waals surface area (Å²) in [7, 11) is 3.57. The maximum atomic E-state index is 11.5. The van der Waals surface area contributed by atoms with Crippen molar-refractivity contribution in [2.45, 2.75) is 39.0 Å². The smallest absolute Gasteiger partial charge is 0.303 e. The lowest BCUT2D eigenvalue weighted by Crippen LogP contribution is -2.39. The molecule has 1 heterocycles. The van der Waals surface area contributed by atoms with Crippen molar-refractivity contribution < 1.29 is 14.7 Å². The molecule has 0 aromatic carbocycles. The lowest BCUT2D eigenvalue weighted by Gasteiger charge is -2.35. The van der Waals surface area contributed by atoms with Crippen molar-refractivity contribution in [3.05, 3.63) is 0 Å². The molecule has 5 heteroatoms. The topological polar surface area (TPSA) is 60.9 Å². The van der Waals surface area contributed by atoms with E-state index in [-0.39, 0.29) is 18.2 Å². The zero-order valence-electron chi connectivity index (χ0n) is 13.0. The molecule has 1 aliphatic rings. The zero-order valence-corrected chi connectivity index (χ0v) is 13.0. The van der Waals surface area contributed by atoms with Crippen molar-refractivity contribution >= 4 is 11.9 Å². The summed E-state index contributed by atoms with van der Waals surface area (Å²) >= 11 is 0. The van der Waals surface area contributed by atoms with E-state index in [9.17, 15) is 9.59 Å². The normalized spacial score (nSPS) is 21.4. The second kappa shape index (κ2) is 8.25. The van der Waals surface area contributed by atoms with Gasteiger partial charge in [-0.1, -0.05) is 6.92 Å². The average Bonchev–Trinajstić information content (AvgIpc) is 2.38. The molecule has 1 aliphatic heterocycles. The first-order valence-corrected chi connectivity index (χ1v) is 7.54. The van der Waals surface area contributed by atoms with Crippen molar-refractivity contribution in [2.75, 3.05) is 33.7 Å². The summed E-state index contributed by atoms with van der Waals surface area (Å²) in [5.41, 5.74) is 0. The Morgan fingerprint density at radius 3 is 2.70 bits per heavy atom. The number of amides is 1. The molecule has 2 unspecified atom stereocenters. The number of carboxylic acids is 1. The number of aliphatic carboxylic acids is 1. The molecular weight excluding hydrogens is 256 g/mol. The SMILES string of the molecule is CC(CC(=O)O)C1CCCN(CCCC(=O)N(C)C)C1. The Labute approximate surface area is 121 Å². The van der Waals surface area contributed by atoms with Crippen LogP contribution >= 0.6 is 0 Å². The highest BCUT2D eigenvalue weighted by molar-refractivity contribution is 5.75. The summed E-state index contributed by atoms with van der Waals surface area (Å²) in [6.45, 7) is 5.03. The standard InChI is InChI=1S/C15H28N2O3/c1-12(10-15(19)20)13-6-4-8-17(11-13)9-5-7-14(18)16(2)3/h12-13H,4-11H2,1-3H3,(H,19,20). The quantitative estimate of drug-likeness (QED) is 0.772. The first kappa shape index (κ1) is 17.0. The number of carbonyl (C=O) groups is 2. The molecule has 1 amide bonds. The number of carboxylic acid groups (broad SMARTS) is 1. The number of nitrogens with zero attached hydrogens (tertiary/aromatic N) is 2. The number of carbonyl (C=O) groups excluding carboxylic acids is 1. The van der Waals surface area contributed by atoms with E-state index in [2.05, 4.69) is 4.90 Å². The van der Waals surface area contributed by atoms with E-state index in [1.54, 1.807) is 19.0 Å². The second-order valence-corrected chi connectivity index (χ2v) is 6.17. The van der Waals surface area contributed by atoms with Crippen molar-refractivity contribution in [2.24, 2.45) is 11.8 Å². The molecule has 0 radical (unpaired) electrons. The molecule has 0 saturated carbocycles. The Morgan fingerprint density at radius 1 is 1.40 bits per heavy atom. The lowest BCUT2D eigenvalue weighted by molar-refractivity contribution is -0.138. The van der Waals surface area contributed by atoms with Crippen LogP contribution < -0.4 is 0 Å². The fourth-order valence-electron chi connectivity index (χ4n) is 2.88. The van der Waals surface area contributed by atoms with Crippen molar-refractivity contribution in [1.29, 1.82) is 0 Å². The van der Waals surface area contributed by atoms with E-state index in [0.29, 0.717) is 12.3 Å². The van der Waals surface area contributed by atoms with Crippen LogP contribution in [-0.4, -0.2) is 60.5 Å². The van der Waals surface area contributed by atoms with E-state index in [0.717, 1.165) is 38.9 Å². The third kappa shape index (κ3) is 5.90. The summed E-state index contributed by atoms with van der Waals surface area (Å²) in [5, 5.41) is 8.88. The van der Waals surface area contributed by atoms with E-state index in [4.69, 9.17) is 5.11 Å². The molecule has 1 N–H and O–H groups in total. The zero-order chi connectivity index (χ0) is 15.1. The van der Waals surface area contributed by atoms with Gasteiger partial charge in [-0.3, -0.25) is 9.59 Å². The van der Waals surface area contributed by atoms with Gasteiger partial charge in [-0.05, 0) is 44.2 Å². The third-order valence-electron chi connectivity index (χ3n) is 4.21. The van der Waals surface area contributed by atoms with Crippen LogP contribution in [0, 0.1) is 11.8 Å². The number of piperidine rings is 1. The van der Waals surface area contributed by atoms with Crippen LogP contribution in [0.4, 0.5) is 0 Å². The lowest BCUT2D eigenvalue weighted by atomic mass is 9.84. The maximum absolute atomic E-state index is 11.5. The summed E-state index contributed by atoms with van der Waals surface area (Å²) in [6.07, 6.45) is 4.01. The van der Waals surface area contributed by atoms with Crippen molar-refractivity contribution in [3.8, 4) is 0 Å². The second-order valence-electron chi connectivity index (χ2n) is 6.17. The number of rotatable bonds is 7. The minimum absolute atomic E-state index is 0.179. The van der Waals surface area contributed by atoms with Crippen LogP contribution in [0.1, 0.15) is 39.0 Å². The van der Waals surface area contributed by atoms with E-state index < -0.39 is 5.97 Å². The first-order chi connectivity index (χ1) is 9.40. The van der Waals surface area contributed by atoms with Crippen LogP contribution in [0.5, 0.6) is 0 Å². The molecule has 116 valence electrons. The molecule has 0 aromatic rings. The van der Waals surface area contributed by atoms with Gasteiger partial charge in [0.2, 0.25) is 5.91 Å². The first-order valence-electron chi connectivity index (χ1n) is 7.54. The molecule has 0 aliphatic carbocycles. The highest BCUT2D eigenvalue weighted by atomic mass is 16.4. The Bertz CT molecular complexity index is 331. The van der Waals surface area contributed by atoms with Crippen LogP contribution in [0.3, 0.4) is 0 Å². The van der Waals surface area contributed by atoms with Crippen LogP contribution in [0.25, 0.3) is 0 Å². The molecule has 5 nitrogen and oxygen atoms in total. The predicted molar refractivity (Wildman–Crippen MR) is 78.5 cm³/mol. The highest BCUT2D eigenvalue weighted by Gasteiger charge is 2.25. The maximum Gasteiger partial charge on any atom is 0.303 e. The minimum Gasteiger partial charge on any atom is -0.481 e. The molecule has 1 fully saturated rings. The van der Waals surface area contributed by atoms with Crippen LogP contribution in [0.15, 0.2) is 0 Å². The van der Waals surface area contributed by atoms with E-state index in [1.165, 1.54) is 0 Å². The van der Waals surface area contributed by atoms with Gasteiger partial charge in [0.25, 0.3) is 0 Å². The Hall–Kier alpha value is -1.10. The van der Waals surface area contributed by atoms with Crippen molar-refractivity contribution in [3.63, 3.8) is 0 Å². The van der Waals surface area contributed by atoms with Gasteiger partial charge >= 0.3 is 5.97 Å². The number of hydrogen-bond donors (Lipinski definition) is 1. The molecule has 0 aromatic heterocycles. The molecule has 0 bridgehead atoms. The Morgan fingerprint density at radius 2 is 2.10 bits per heavy atom. The highest BCUT2D eigenvalue weighted by Crippen LogP contribution is 2.26. The summed E-state index contributed by atoms with van der Waals surface area (Å²) < 4.78 is 0. The fourth-order valence-corrected chi connectivity index (χ4v) is 2.88. The molecule has 1 rings (SSSR count). The number of likely N-dealkylation sites (tertiary alicyclic amines) is 1. The average molecular weight is 284 g/mol. The molecule has 0 spiro atoms. The van der Waals surface area contributed by atoms with E-state index in [1.807, 2.05) is 6.92 Å². The van der Waals surface area contributed by atoms with Gasteiger partial charge < -0.3 is 14.9 Å².